The van der Waals surface area contributed by atoms with E-state index in [1.165, 1.54) is 0 Å². The fourth-order valence-electron chi connectivity index (χ4n) is 4.83. The number of nitrogens with zero attached hydrogens (tertiary/aromatic N) is 3. The molecular formula is C30H42LiN3O5. The number of hydrogen-bond acceptors (Lipinski definition) is 5. The third-order valence-electron chi connectivity index (χ3n) is 7.12. The van der Waals surface area contributed by atoms with E-state index >= 15 is 0 Å². The van der Waals surface area contributed by atoms with Gasteiger partial charge in [-0.25, -0.2) is 4.79 Å². The molecule has 1 aliphatic heterocycles. The number of amides is 2. The molecule has 39 heavy (non-hydrogen) atoms. The summed E-state index contributed by atoms with van der Waals surface area (Å²) in [5, 5.41) is 12.3. The third-order valence-corrected chi connectivity index (χ3v) is 7.12. The van der Waals surface area contributed by atoms with Gasteiger partial charge in [-0.15, -0.1) is 0 Å². The first-order chi connectivity index (χ1) is 17.9. The van der Waals surface area contributed by atoms with Gasteiger partial charge in [0.05, 0.1) is 11.5 Å². The van der Waals surface area contributed by atoms with Gasteiger partial charge in [0.15, 0.2) is 0 Å². The normalized spacial score (nSPS) is 12.9. The molecule has 0 saturated heterocycles. The molecule has 0 aliphatic carbocycles. The van der Waals surface area contributed by atoms with Gasteiger partial charge in [0.2, 0.25) is 0 Å². The Bertz CT molecular complexity index is 1190. The molecule has 2 amide bonds. The van der Waals surface area contributed by atoms with Crippen molar-refractivity contribution in [3.63, 3.8) is 0 Å². The van der Waals surface area contributed by atoms with Crippen LogP contribution in [0.4, 0.5) is 4.79 Å². The second-order valence-electron chi connectivity index (χ2n) is 11.2. The Balaban J connectivity index is 0.00000533. The quantitative estimate of drug-likeness (QED) is 0.459. The molecule has 0 fully saturated rings. The molecule has 2 aromatic rings. The molecule has 0 atom stereocenters. The van der Waals surface area contributed by atoms with Crippen molar-refractivity contribution in [2.24, 2.45) is 7.05 Å². The molecule has 0 unspecified atom stereocenters. The molecule has 1 aromatic heterocycles. The van der Waals surface area contributed by atoms with Gasteiger partial charge in [-0.05, 0) is 76.3 Å². The zero-order valence-corrected chi connectivity index (χ0v) is 25.0. The van der Waals surface area contributed by atoms with Crippen molar-refractivity contribution in [3.8, 4) is 11.3 Å². The molecule has 208 valence electrons. The summed E-state index contributed by atoms with van der Waals surface area (Å²) in [4.78, 5) is 41.9. The van der Waals surface area contributed by atoms with Gasteiger partial charge in [-0.2, -0.15) is 0 Å². The smallest absolute Gasteiger partial charge is 0.545 e. The first-order valence-corrected chi connectivity index (χ1v) is 13.7. The molecule has 3 rings (SSSR count). The minimum atomic E-state index is -1.29. The minimum absolute atomic E-state index is 0. The van der Waals surface area contributed by atoms with E-state index in [4.69, 9.17) is 4.74 Å². The van der Waals surface area contributed by atoms with Gasteiger partial charge >= 0.3 is 25.0 Å². The summed E-state index contributed by atoms with van der Waals surface area (Å²) in [5.74, 6) is -1.32. The summed E-state index contributed by atoms with van der Waals surface area (Å²) in [7, 11) is 1.85. The molecule has 9 heteroatoms. The Kier molecular flexibility index (Phi) is 11.3. The number of hydrogen-bond donors (Lipinski definition) is 0. The number of rotatable bonds is 9. The summed E-state index contributed by atoms with van der Waals surface area (Å²) < 4.78 is 7.39. The molecule has 0 bridgehead atoms. The van der Waals surface area contributed by atoms with Crippen molar-refractivity contribution in [1.29, 1.82) is 0 Å². The van der Waals surface area contributed by atoms with E-state index in [9.17, 15) is 19.5 Å². The third kappa shape index (κ3) is 7.70. The van der Waals surface area contributed by atoms with Gasteiger partial charge < -0.3 is 29.0 Å². The number of carbonyl (C=O) groups is 3. The molecule has 0 N–H and O–H groups in total. The second kappa shape index (κ2) is 13.6. The molecule has 1 aliphatic rings. The standard InChI is InChI=1S/C30H43N3O5.Li/c1-8-10-13-32(14-11-9-2)27(34)23-18-26(31(7)20(23)3)24-16-21-12-15-33(29(37)38-30(4,5)6)19-22(21)17-25(24)28(35)36;/h16-18H,8-15,19H2,1-7H3,(H,35,36);/q;+1/p-1. The van der Waals surface area contributed by atoms with E-state index in [0.29, 0.717) is 42.9 Å². The van der Waals surface area contributed by atoms with Gasteiger partial charge in [-0.3, -0.25) is 4.79 Å². The Morgan fingerprint density at radius 3 is 2.15 bits per heavy atom. The van der Waals surface area contributed by atoms with Crippen LogP contribution in [0.2, 0.25) is 0 Å². The first-order valence-electron chi connectivity index (χ1n) is 13.7. The summed E-state index contributed by atoms with van der Waals surface area (Å²) in [6.45, 7) is 13.7. The number of carboxylic acid groups (broad SMARTS) is 1. The zero-order chi connectivity index (χ0) is 28.2. The number of carbonyl (C=O) groups excluding carboxylic acids is 3. The van der Waals surface area contributed by atoms with Gasteiger partial charge in [0.1, 0.15) is 5.60 Å². The largest absolute Gasteiger partial charge is 1.00 e. The van der Waals surface area contributed by atoms with Gasteiger partial charge in [0, 0.05) is 55.7 Å². The van der Waals surface area contributed by atoms with Gasteiger partial charge in [-0.1, -0.05) is 26.7 Å². The fraction of sp³-hybridized carbons (Fsp3) is 0.567. The monoisotopic (exact) mass is 531 g/mol. The van der Waals surface area contributed by atoms with E-state index < -0.39 is 17.7 Å². The van der Waals surface area contributed by atoms with E-state index in [2.05, 4.69) is 13.8 Å². The van der Waals surface area contributed by atoms with Crippen LogP contribution in [0.1, 0.15) is 97.8 Å². The van der Waals surface area contributed by atoms with Crippen molar-refractivity contribution in [1.82, 2.24) is 14.4 Å². The Labute approximate surface area is 244 Å². The number of carboxylic acids is 1. The SMILES string of the molecule is CCCCN(CCCC)C(=O)c1cc(-c2cc3c(cc2C(=O)[O-])CN(C(=O)OC(C)(C)C)CC3)n(C)c1C.[Li+]. The molecular weight excluding hydrogens is 489 g/mol. The van der Waals surface area contributed by atoms with Crippen LogP contribution in [0.5, 0.6) is 0 Å². The van der Waals surface area contributed by atoms with E-state index in [-0.39, 0.29) is 36.9 Å². The maximum Gasteiger partial charge on any atom is 1.00 e. The van der Waals surface area contributed by atoms with Crippen LogP contribution in [0, 0.1) is 6.92 Å². The van der Waals surface area contributed by atoms with Crippen LogP contribution in [-0.2, 0) is 24.8 Å². The summed E-state index contributed by atoms with van der Waals surface area (Å²) in [6, 6.07) is 5.30. The molecule has 0 spiro atoms. The van der Waals surface area contributed by atoms with E-state index in [0.717, 1.165) is 42.5 Å². The van der Waals surface area contributed by atoms with E-state index in [1.807, 2.05) is 56.3 Å². The average molecular weight is 532 g/mol. The van der Waals surface area contributed by atoms with Crippen LogP contribution in [0.15, 0.2) is 18.2 Å². The number of aromatic nitrogens is 1. The Morgan fingerprint density at radius 1 is 1.00 bits per heavy atom. The van der Waals surface area contributed by atoms with Crippen molar-refractivity contribution in [2.75, 3.05) is 19.6 Å². The number of unbranched alkanes of at least 4 members (excludes halogenated alkanes) is 2. The van der Waals surface area contributed by atoms with Crippen molar-refractivity contribution < 1.29 is 43.1 Å². The zero-order valence-electron chi connectivity index (χ0n) is 25.0. The maximum absolute atomic E-state index is 13.6. The predicted octanol–water partition coefficient (Wildman–Crippen LogP) is 1.70. The minimum Gasteiger partial charge on any atom is -0.545 e. The van der Waals surface area contributed by atoms with Crippen LogP contribution in [-0.4, -0.2) is 57.6 Å². The van der Waals surface area contributed by atoms with Crippen molar-refractivity contribution in [3.05, 3.63) is 46.1 Å². The number of fused-ring (bicyclic) bond motifs is 1. The summed E-state index contributed by atoms with van der Waals surface area (Å²) in [6.07, 6.45) is 4.04. The molecule has 1 aromatic carbocycles. The summed E-state index contributed by atoms with van der Waals surface area (Å²) in [5.41, 5.74) is 3.74. The van der Waals surface area contributed by atoms with Crippen LogP contribution < -0.4 is 24.0 Å². The predicted molar refractivity (Wildman–Crippen MR) is 146 cm³/mol. The number of benzene rings is 1. The second-order valence-corrected chi connectivity index (χ2v) is 11.2. The topological polar surface area (TPSA) is 94.9 Å². The van der Waals surface area contributed by atoms with Crippen molar-refractivity contribution in [2.45, 2.75) is 85.8 Å². The summed E-state index contributed by atoms with van der Waals surface area (Å²) >= 11 is 0. The van der Waals surface area contributed by atoms with Crippen LogP contribution in [0.25, 0.3) is 11.3 Å². The maximum atomic E-state index is 13.6. The Hall–Kier alpha value is -2.69. The average Bonchev–Trinajstić information content (AvgIpc) is 3.15. The molecule has 0 saturated carbocycles. The van der Waals surface area contributed by atoms with E-state index in [1.54, 1.807) is 11.0 Å². The van der Waals surface area contributed by atoms with Crippen LogP contribution in [0.3, 0.4) is 0 Å². The van der Waals surface area contributed by atoms with Crippen molar-refractivity contribution >= 4 is 18.0 Å². The Morgan fingerprint density at radius 2 is 1.62 bits per heavy atom. The van der Waals surface area contributed by atoms with Crippen LogP contribution >= 0.6 is 0 Å². The number of ether oxygens (including phenoxy) is 1. The fourth-order valence-corrected chi connectivity index (χ4v) is 4.83. The number of aromatic carboxylic acids is 1. The molecule has 2 heterocycles. The molecule has 0 radical (unpaired) electrons. The molecule has 8 nitrogen and oxygen atoms in total. The van der Waals surface area contributed by atoms with Gasteiger partial charge in [0.25, 0.3) is 5.91 Å². The first kappa shape index (κ1) is 32.5.